The van der Waals surface area contributed by atoms with Gasteiger partial charge in [-0.1, -0.05) is 6.07 Å². The first kappa shape index (κ1) is 9.36. The maximum atomic E-state index is 5.42. The summed E-state index contributed by atoms with van der Waals surface area (Å²) in [5, 5.41) is 12.9. The van der Waals surface area contributed by atoms with Crippen molar-refractivity contribution in [2.45, 2.75) is 13.0 Å². The summed E-state index contributed by atoms with van der Waals surface area (Å²) in [5.41, 5.74) is 0. The summed E-state index contributed by atoms with van der Waals surface area (Å²) < 4.78 is 5.42. The van der Waals surface area contributed by atoms with Crippen LogP contribution in [0.4, 0.5) is 0 Å². The van der Waals surface area contributed by atoms with E-state index >= 15 is 0 Å². The molecule has 5 heteroatoms. The zero-order chi connectivity index (χ0) is 9.80. The first-order valence-electron chi connectivity index (χ1n) is 4.36. The highest BCUT2D eigenvalue weighted by molar-refractivity contribution is 7.09. The van der Waals surface area contributed by atoms with Crippen LogP contribution in [0.2, 0.25) is 0 Å². The molecule has 2 heterocycles. The van der Waals surface area contributed by atoms with E-state index in [9.17, 15) is 0 Å². The molecule has 0 fully saturated rings. The minimum absolute atomic E-state index is 0.622. The molecule has 0 saturated carbocycles. The number of rotatable bonds is 4. The number of hydrogen-bond acceptors (Lipinski definition) is 5. The van der Waals surface area contributed by atoms with Crippen molar-refractivity contribution in [1.29, 1.82) is 0 Å². The zero-order valence-corrected chi connectivity index (χ0v) is 8.67. The molecule has 0 unspecified atom stereocenters. The summed E-state index contributed by atoms with van der Waals surface area (Å²) >= 11 is 1.70. The van der Waals surface area contributed by atoms with Gasteiger partial charge < -0.3 is 9.73 Å². The number of nitrogens with one attached hydrogen (secondary N) is 1. The smallest absolute Gasteiger partial charge is 0.230 e. The fraction of sp³-hybridized carbons (Fsp3) is 0.333. The van der Waals surface area contributed by atoms with Crippen LogP contribution in [0.1, 0.15) is 16.7 Å². The number of aromatic nitrogens is 2. The van der Waals surface area contributed by atoms with Crippen LogP contribution in [-0.4, -0.2) is 17.2 Å². The Morgan fingerprint density at radius 2 is 2.29 bits per heavy atom. The minimum Gasteiger partial charge on any atom is -0.423 e. The van der Waals surface area contributed by atoms with Crippen molar-refractivity contribution in [3.05, 3.63) is 34.2 Å². The van der Waals surface area contributed by atoms with Gasteiger partial charge in [-0.05, 0) is 18.5 Å². The molecule has 2 aromatic heterocycles. The van der Waals surface area contributed by atoms with Crippen LogP contribution in [0.5, 0.6) is 0 Å². The van der Waals surface area contributed by atoms with Crippen molar-refractivity contribution < 1.29 is 4.42 Å². The third-order valence-electron chi connectivity index (χ3n) is 1.74. The lowest BCUT2D eigenvalue weighted by Crippen LogP contribution is -2.04. The Labute approximate surface area is 86.0 Å². The quantitative estimate of drug-likeness (QED) is 0.827. The molecular formula is C9H11N3OS. The van der Waals surface area contributed by atoms with Crippen molar-refractivity contribution in [2.24, 2.45) is 0 Å². The van der Waals surface area contributed by atoms with E-state index in [4.69, 9.17) is 4.42 Å². The molecule has 0 saturated heterocycles. The zero-order valence-electron chi connectivity index (χ0n) is 7.86. The van der Waals surface area contributed by atoms with Gasteiger partial charge in [0, 0.05) is 4.88 Å². The summed E-state index contributed by atoms with van der Waals surface area (Å²) in [5.74, 6) is 1.32. The molecule has 0 spiro atoms. The summed E-state index contributed by atoms with van der Waals surface area (Å²) in [6.45, 7) is 0.622. The molecule has 4 nitrogen and oxygen atoms in total. The van der Waals surface area contributed by atoms with E-state index in [1.54, 1.807) is 11.3 Å². The molecule has 1 N–H and O–H groups in total. The number of nitrogens with zero attached hydrogens (tertiary/aromatic N) is 2. The highest BCUT2D eigenvalue weighted by atomic mass is 32.1. The molecule has 74 valence electrons. The van der Waals surface area contributed by atoms with Crippen LogP contribution in [0.3, 0.4) is 0 Å². The van der Waals surface area contributed by atoms with Crippen molar-refractivity contribution in [3.63, 3.8) is 0 Å². The molecule has 0 aliphatic rings. The van der Waals surface area contributed by atoms with Crippen molar-refractivity contribution in [1.82, 2.24) is 15.5 Å². The van der Waals surface area contributed by atoms with E-state index < -0.39 is 0 Å². The van der Waals surface area contributed by atoms with Gasteiger partial charge in [0.1, 0.15) is 0 Å². The van der Waals surface area contributed by atoms with Gasteiger partial charge in [-0.2, -0.15) is 0 Å². The average Bonchev–Trinajstić information content (AvgIpc) is 2.79. The maximum Gasteiger partial charge on any atom is 0.230 e. The van der Waals surface area contributed by atoms with Gasteiger partial charge in [0.2, 0.25) is 11.8 Å². The normalized spacial score (nSPS) is 10.6. The van der Waals surface area contributed by atoms with Crippen LogP contribution in [0.25, 0.3) is 0 Å². The highest BCUT2D eigenvalue weighted by Crippen LogP contribution is 2.13. The molecular weight excluding hydrogens is 198 g/mol. The fourth-order valence-corrected chi connectivity index (χ4v) is 1.84. The van der Waals surface area contributed by atoms with Crippen molar-refractivity contribution in [3.8, 4) is 0 Å². The maximum absolute atomic E-state index is 5.42. The average molecular weight is 209 g/mol. The summed E-state index contributed by atoms with van der Waals surface area (Å²) in [6.07, 6.45) is 0.731. The van der Waals surface area contributed by atoms with Crippen molar-refractivity contribution in [2.75, 3.05) is 7.05 Å². The van der Waals surface area contributed by atoms with E-state index in [1.165, 1.54) is 4.88 Å². The molecule has 0 aliphatic heterocycles. The Morgan fingerprint density at radius 3 is 3.00 bits per heavy atom. The Kier molecular flexibility index (Phi) is 2.90. The second-order valence-electron chi connectivity index (χ2n) is 2.88. The van der Waals surface area contributed by atoms with Gasteiger partial charge in [0.25, 0.3) is 0 Å². The fourth-order valence-electron chi connectivity index (χ4n) is 1.14. The molecule has 0 aliphatic carbocycles. The van der Waals surface area contributed by atoms with E-state index in [1.807, 2.05) is 18.5 Å². The molecule has 2 rings (SSSR count). The molecule has 0 atom stereocenters. The molecule has 2 aromatic rings. The van der Waals surface area contributed by atoms with E-state index in [-0.39, 0.29) is 0 Å². The van der Waals surface area contributed by atoms with Crippen LogP contribution < -0.4 is 5.32 Å². The van der Waals surface area contributed by atoms with Crippen LogP contribution in [0.15, 0.2) is 21.9 Å². The first-order valence-corrected chi connectivity index (χ1v) is 5.24. The predicted molar refractivity (Wildman–Crippen MR) is 54.2 cm³/mol. The Bertz CT molecular complexity index is 382. The lowest BCUT2D eigenvalue weighted by atomic mass is 10.3. The van der Waals surface area contributed by atoms with Gasteiger partial charge in [0.05, 0.1) is 13.0 Å². The van der Waals surface area contributed by atoms with Gasteiger partial charge in [-0.15, -0.1) is 21.5 Å². The van der Waals surface area contributed by atoms with Crippen LogP contribution >= 0.6 is 11.3 Å². The van der Waals surface area contributed by atoms with Gasteiger partial charge in [-0.25, -0.2) is 0 Å². The van der Waals surface area contributed by atoms with Crippen LogP contribution in [0, 0.1) is 0 Å². The topological polar surface area (TPSA) is 51.0 Å². The van der Waals surface area contributed by atoms with Gasteiger partial charge >= 0.3 is 0 Å². The van der Waals surface area contributed by atoms with E-state index in [0.29, 0.717) is 18.3 Å². The molecule has 0 amide bonds. The van der Waals surface area contributed by atoms with E-state index in [2.05, 4.69) is 21.6 Å². The second kappa shape index (κ2) is 4.34. The lowest BCUT2D eigenvalue weighted by Gasteiger charge is -1.90. The predicted octanol–water partition coefficient (Wildman–Crippen LogP) is 1.44. The van der Waals surface area contributed by atoms with Gasteiger partial charge in [-0.3, -0.25) is 0 Å². The Morgan fingerprint density at radius 1 is 1.43 bits per heavy atom. The SMILES string of the molecule is CNCc1nnc(Cc2cccs2)o1. The summed E-state index contributed by atoms with van der Waals surface area (Å²) in [4.78, 5) is 1.24. The number of hydrogen-bond donors (Lipinski definition) is 1. The number of thiophene rings is 1. The standard InChI is InChI=1S/C9H11N3OS/c1-10-6-9-12-11-8(13-9)5-7-3-2-4-14-7/h2-4,10H,5-6H2,1H3. The Balaban J connectivity index is 2.03. The third kappa shape index (κ3) is 2.18. The monoisotopic (exact) mass is 209 g/mol. The highest BCUT2D eigenvalue weighted by Gasteiger charge is 2.06. The third-order valence-corrected chi connectivity index (χ3v) is 2.62. The van der Waals surface area contributed by atoms with Crippen LogP contribution in [-0.2, 0) is 13.0 Å². The second-order valence-corrected chi connectivity index (χ2v) is 3.91. The van der Waals surface area contributed by atoms with Crippen molar-refractivity contribution >= 4 is 11.3 Å². The lowest BCUT2D eigenvalue weighted by molar-refractivity contribution is 0.447. The first-order chi connectivity index (χ1) is 6.88. The minimum atomic E-state index is 0.622. The summed E-state index contributed by atoms with van der Waals surface area (Å²) in [6, 6.07) is 4.08. The largest absolute Gasteiger partial charge is 0.423 e. The van der Waals surface area contributed by atoms with Gasteiger partial charge in [0.15, 0.2) is 0 Å². The molecule has 0 bridgehead atoms. The Hall–Kier alpha value is -1.20. The molecule has 0 radical (unpaired) electrons. The summed E-state index contributed by atoms with van der Waals surface area (Å²) in [7, 11) is 1.85. The van der Waals surface area contributed by atoms with E-state index in [0.717, 1.165) is 6.42 Å². The molecule has 0 aromatic carbocycles. The molecule has 14 heavy (non-hydrogen) atoms.